The highest BCUT2D eigenvalue weighted by atomic mass is 79.9. The highest BCUT2D eigenvalue weighted by molar-refractivity contribution is 9.10. The summed E-state index contributed by atoms with van der Waals surface area (Å²) in [5.41, 5.74) is 1.44. The molecular formula is C9H8BrN3O2. The van der Waals surface area contributed by atoms with Gasteiger partial charge >= 0.3 is 5.97 Å². The number of carbonyl (C=O) groups is 1. The van der Waals surface area contributed by atoms with Crippen LogP contribution in [0.25, 0.3) is 11.0 Å². The van der Waals surface area contributed by atoms with Crippen LogP contribution in [0.15, 0.2) is 17.1 Å². The molecule has 0 bridgehead atoms. The van der Waals surface area contributed by atoms with Gasteiger partial charge in [-0.25, -0.2) is 9.97 Å². The molecule has 15 heavy (non-hydrogen) atoms. The van der Waals surface area contributed by atoms with Gasteiger partial charge in [-0.05, 0) is 15.9 Å². The summed E-state index contributed by atoms with van der Waals surface area (Å²) in [5, 5.41) is 9.56. The van der Waals surface area contributed by atoms with Crippen molar-refractivity contribution in [1.82, 2.24) is 14.5 Å². The van der Waals surface area contributed by atoms with Crippen molar-refractivity contribution in [2.75, 3.05) is 0 Å². The molecule has 0 unspecified atom stereocenters. The van der Waals surface area contributed by atoms with Gasteiger partial charge in [0.1, 0.15) is 12.0 Å². The van der Waals surface area contributed by atoms with Gasteiger partial charge in [0.05, 0.1) is 11.0 Å². The van der Waals surface area contributed by atoms with Gasteiger partial charge in [0.25, 0.3) is 0 Å². The molecule has 0 amide bonds. The van der Waals surface area contributed by atoms with E-state index in [-0.39, 0.29) is 6.42 Å². The van der Waals surface area contributed by atoms with E-state index < -0.39 is 5.97 Å². The Morgan fingerprint density at radius 1 is 1.67 bits per heavy atom. The molecule has 0 saturated carbocycles. The fraction of sp³-hybridized carbons (Fsp3) is 0.222. The number of nitrogens with zero attached hydrogens (tertiary/aromatic N) is 3. The molecule has 6 heteroatoms. The van der Waals surface area contributed by atoms with Gasteiger partial charge in [0, 0.05) is 24.2 Å². The van der Waals surface area contributed by atoms with Crippen molar-refractivity contribution in [2.24, 2.45) is 7.05 Å². The molecule has 0 aliphatic carbocycles. The molecule has 0 radical (unpaired) electrons. The highest BCUT2D eigenvalue weighted by Gasteiger charge is 2.16. The van der Waals surface area contributed by atoms with Gasteiger partial charge in [-0.3, -0.25) is 4.79 Å². The molecule has 2 rings (SSSR count). The molecule has 0 aliphatic rings. The molecule has 0 aliphatic heterocycles. The van der Waals surface area contributed by atoms with E-state index in [0.717, 1.165) is 15.6 Å². The summed E-state index contributed by atoms with van der Waals surface area (Å²) in [6, 6.07) is 0. The van der Waals surface area contributed by atoms with Crippen molar-refractivity contribution in [3.8, 4) is 0 Å². The Labute approximate surface area is 93.9 Å². The lowest BCUT2D eigenvalue weighted by Crippen LogP contribution is -2.00. The maximum Gasteiger partial charge on any atom is 0.307 e. The minimum absolute atomic E-state index is 0.0364. The van der Waals surface area contributed by atoms with E-state index in [1.165, 1.54) is 6.33 Å². The Kier molecular flexibility index (Phi) is 2.44. The van der Waals surface area contributed by atoms with Crippen LogP contribution in [-0.2, 0) is 18.3 Å². The maximum atomic E-state index is 10.7. The summed E-state index contributed by atoms with van der Waals surface area (Å²) in [5.74, 6) is -0.868. The lowest BCUT2D eigenvalue weighted by Gasteiger charge is -1.95. The zero-order valence-corrected chi connectivity index (χ0v) is 9.52. The summed E-state index contributed by atoms with van der Waals surface area (Å²) in [4.78, 5) is 18.7. The fourth-order valence-electron chi connectivity index (χ4n) is 1.53. The molecule has 2 heterocycles. The zero-order chi connectivity index (χ0) is 11.0. The molecule has 0 spiro atoms. The third-order valence-corrected chi connectivity index (χ3v) is 3.22. The van der Waals surface area contributed by atoms with Crippen LogP contribution in [0.5, 0.6) is 0 Å². The summed E-state index contributed by atoms with van der Waals surface area (Å²) in [6.07, 6.45) is 3.04. The monoisotopic (exact) mass is 269 g/mol. The first-order chi connectivity index (χ1) is 7.11. The minimum Gasteiger partial charge on any atom is -0.481 e. The number of fused-ring (bicyclic) bond motifs is 1. The average molecular weight is 270 g/mol. The number of carboxylic acid groups (broad SMARTS) is 1. The van der Waals surface area contributed by atoms with Crippen molar-refractivity contribution in [3.05, 3.63) is 22.7 Å². The first kappa shape index (κ1) is 10.1. The van der Waals surface area contributed by atoms with Gasteiger partial charge in [-0.2, -0.15) is 0 Å². The quantitative estimate of drug-likeness (QED) is 0.894. The lowest BCUT2D eigenvalue weighted by atomic mass is 10.2. The molecular weight excluding hydrogens is 262 g/mol. The molecule has 2 aromatic rings. The number of aromatic nitrogens is 3. The number of carboxylic acids is 1. The second-order valence-electron chi connectivity index (χ2n) is 3.16. The third-order valence-electron chi connectivity index (χ3n) is 2.21. The van der Waals surface area contributed by atoms with Gasteiger partial charge in [0.2, 0.25) is 0 Å². The van der Waals surface area contributed by atoms with Crippen LogP contribution in [0, 0.1) is 0 Å². The molecule has 0 saturated heterocycles. The van der Waals surface area contributed by atoms with Gasteiger partial charge in [-0.1, -0.05) is 0 Å². The van der Waals surface area contributed by atoms with Crippen molar-refractivity contribution >= 4 is 32.9 Å². The Morgan fingerprint density at radius 2 is 2.40 bits per heavy atom. The van der Waals surface area contributed by atoms with E-state index in [1.54, 1.807) is 10.8 Å². The van der Waals surface area contributed by atoms with Crippen LogP contribution in [0.2, 0.25) is 0 Å². The molecule has 2 aromatic heterocycles. The Bertz CT molecular complexity index is 535. The smallest absolute Gasteiger partial charge is 0.307 e. The minimum atomic E-state index is -0.868. The molecule has 0 aromatic carbocycles. The summed E-state index contributed by atoms with van der Waals surface area (Å²) in [6.45, 7) is 0. The van der Waals surface area contributed by atoms with E-state index in [1.807, 2.05) is 7.05 Å². The molecule has 0 fully saturated rings. The van der Waals surface area contributed by atoms with E-state index in [2.05, 4.69) is 25.9 Å². The average Bonchev–Trinajstić information content (AvgIpc) is 2.44. The van der Waals surface area contributed by atoms with E-state index in [9.17, 15) is 4.79 Å². The third kappa shape index (κ3) is 1.61. The predicted molar refractivity (Wildman–Crippen MR) is 57.5 cm³/mol. The van der Waals surface area contributed by atoms with Crippen molar-refractivity contribution in [2.45, 2.75) is 6.42 Å². The second kappa shape index (κ2) is 3.62. The summed E-state index contributed by atoms with van der Waals surface area (Å²) >= 11 is 3.35. The van der Waals surface area contributed by atoms with Crippen molar-refractivity contribution < 1.29 is 9.90 Å². The van der Waals surface area contributed by atoms with Gasteiger partial charge < -0.3 is 9.67 Å². The number of aliphatic carboxylic acids is 1. The van der Waals surface area contributed by atoms with Crippen LogP contribution in [0.4, 0.5) is 0 Å². The van der Waals surface area contributed by atoms with E-state index in [0.29, 0.717) is 5.56 Å². The lowest BCUT2D eigenvalue weighted by molar-refractivity contribution is -0.136. The van der Waals surface area contributed by atoms with Crippen molar-refractivity contribution in [3.63, 3.8) is 0 Å². The Balaban J connectivity index is 2.72. The first-order valence-electron chi connectivity index (χ1n) is 4.26. The molecule has 0 atom stereocenters. The molecule has 1 N–H and O–H groups in total. The normalized spacial score (nSPS) is 10.8. The second-order valence-corrected chi connectivity index (χ2v) is 3.91. The highest BCUT2D eigenvalue weighted by Crippen LogP contribution is 2.27. The Hall–Kier alpha value is -1.43. The fourth-order valence-corrected chi connectivity index (χ4v) is 2.05. The zero-order valence-electron chi connectivity index (χ0n) is 7.94. The molecule has 5 nitrogen and oxygen atoms in total. The Morgan fingerprint density at radius 3 is 3.07 bits per heavy atom. The van der Waals surface area contributed by atoms with Crippen molar-refractivity contribution in [1.29, 1.82) is 0 Å². The van der Waals surface area contributed by atoms with E-state index >= 15 is 0 Å². The number of rotatable bonds is 2. The van der Waals surface area contributed by atoms with Crippen LogP contribution >= 0.6 is 15.9 Å². The number of halogens is 1. The topological polar surface area (TPSA) is 68.0 Å². The maximum absolute atomic E-state index is 10.7. The van der Waals surface area contributed by atoms with Crippen LogP contribution in [0.1, 0.15) is 5.56 Å². The first-order valence-corrected chi connectivity index (χ1v) is 5.05. The molecule has 78 valence electrons. The van der Waals surface area contributed by atoms with Crippen LogP contribution in [-0.4, -0.2) is 25.6 Å². The van der Waals surface area contributed by atoms with Crippen LogP contribution in [0.3, 0.4) is 0 Å². The SMILES string of the molecule is Cn1c(Br)c(CC(=O)O)c2cncnc21. The number of aryl methyl sites for hydroxylation is 1. The van der Waals surface area contributed by atoms with Gasteiger partial charge in [-0.15, -0.1) is 0 Å². The largest absolute Gasteiger partial charge is 0.481 e. The number of hydrogen-bond acceptors (Lipinski definition) is 3. The summed E-state index contributed by atoms with van der Waals surface area (Å²) < 4.78 is 2.54. The van der Waals surface area contributed by atoms with Crippen LogP contribution < -0.4 is 0 Å². The number of hydrogen-bond donors (Lipinski definition) is 1. The predicted octanol–water partition coefficient (Wildman–Crippen LogP) is 1.36. The standard InChI is InChI=1S/C9H8BrN3O2/c1-13-8(10)5(2-7(14)15)6-3-11-4-12-9(6)13/h3-4H,2H2,1H3,(H,14,15). The van der Waals surface area contributed by atoms with Gasteiger partial charge in [0.15, 0.2) is 0 Å². The van der Waals surface area contributed by atoms with E-state index in [4.69, 9.17) is 5.11 Å². The summed E-state index contributed by atoms with van der Waals surface area (Å²) in [7, 11) is 1.82.